The molecule has 1 heterocycles. The zero-order valence-electron chi connectivity index (χ0n) is 8.89. The topological polar surface area (TPSA) is 55.3 Å². The quantitative estimate of drug-likeness (QED) is 0.667. The maximum atomic E-state index is 11.3. The summed E-state index contributed by atoms with van der Waals surface area (Å²) in [6.45, 7) is 4.00. The van der Waals surface area contributed by atoms with Crippen LogP contribution in [0, 0.1) is 0 Å². The van der Waals surface area contributed by atoms with Gasteiger partial charge in [-0.3, -0.25) is 9.63 Å². The van der Waals surface area contributed by atoms with Gasteiger partial charge in [0.25, 0.3) is 5.91 Å². The van der Waals surface area contributed by atoms with Gasteiger partial charge in [-0.2, -0.15) is 0 Å². The molecule has 1 rings (SSSR count). The Morgan fingerprint density at radius 3 is 2.57 bits per heavy atom. The van der Waals surface area contributed by atoms with Crippen LogP contribution in [0.3, 0.4) is 0 Å². The number of carbonyl (C=O) groups is 1. The highest BCUT2D eigenvalue weighted by Gasteiger charge is 2.11. The monoisotopic (exact) mass is 197 g/mol. The van der Waals surface area contributed by atoms with E-state index in [1.807, 2.05) is 13.8 Å². The molecule has 0 radical (unpaired) electrons. The number of hydrogen-bond donors (Lipinski definition) is 0. The molecule has 1 aromatic rings. The molecule has 0 bridgehead atoms. The van der Waals surface area contributed by atoms with E-state index in [1.54, 1.807) is 0 Å². The SMILES string of the molecule is CC.CON(C)C(=O)c1ccncn1. The Bertz CT molecular complexity index is 264. The van der Waals surface area contributed by atoms with Gasteiger partial charge in [-0.25, -0.2) is 15.0 Å². The molecule has 0 saturated heterocycles. The fourth-order valence-corrected chi connectivity index (χ4v) is 0.661. The van der Waals surface area contributed by atoms with E-state index in [0.717, 1.165) is 5.06 Å². The van der Waals surface area contributed by atoms with E-state index in [2.05, 4.69) is 14.8 Å². The van der Waals surface area contributed by atoms with E-state index in [1.165, 1.54) is 32.7 Å². The van der Waals surface area contributed by atoms with Crippen LogP contribution in [0.5, 0.6) is 0 Å². The van der Waals surface area contributed by atoms with Crippen LogP contribution >= 0.6 is 0 Å². The molecule has 78 valence electrons. The van der Waals surface area contributed by atoms with Crippen molar-refractivity contribution < 1.29 is 9.63 Å². The summed E-state index contributed by atoms with van der Waals surface area (Å²) >= 11 is 0. The maximum Gasteiger partial charge on any atom is 0.295 e. The third kappa shape index (κ3) is 3.49. The molecule has 0 aliphatic heterocycles. The van der Waals surface area contributed by atoms with Gasteiger partial charge < -0.3 is 0 Å². The van der Waals surface area contributed by atoms with Gasteiger partial charge in [0, 0.05) is 13.2 Å². The third-order valence-corrected chi connectivity index (χ3v) is 1.36. The highest BCUT2D eigenvalue weighted by Crippen LogP contribution is 1.96. The molecule has 1 aromatic heterocycles. The summed E-state index contributed by atoms with van der Waals surface area (Å²) in [5.41, 5.74) is 0.314. The second-order valence-electron chi connectivity index (χ2n) is 2.08. The predicted octanol–water partition coefficient (Wildman–Crippen LogP) is 1.14. The first-order valence-corrected chi connectivity index (χ1v) is 4.34. The molecular formula is C9H15N3O2. The van der Waals surface area contributed by atoms with Crippen molar-refractivity contribution in [1.29, 1.82) is 0 Å². The van der Waals surface area contributed by atoms with Crippen molar-refractivity contribution in [1.82, 2.24) is 15.0 Å². The van der Waals surface area contributed by atoms with E-state index >= 15 is 0 Å². The Balaban J connectivity index is 0.000000791. The van der Waals surface area contributed by atoms with Crippen molar-refractivity contribution in [2.45, 2.75) is 13.8 Å². The lowest BCUT2D eigenvalue weighted by molar-refractivity contribution is -0.0760. The highest BCUT2D eigenvalue weighted by molar-refractivity contribution is 5.91. The van der Waals surface area contributed by atoms with Crippen LogP contribution in [0.2, 0.25) is 0 Å². The summed E-state index contributed by atoms with van der Waals surface area (Å²) in [7, 11) is 2.93. The molecular weight excluding hydrogens is 182 g/mol. The van der Waals surface area contributed by atoms with E-state index in [4.69, 9.17) is 0 Å². The summed E-state index contributed by atoms with van der Waals surface area (Å²) in [5, 5.41) is 1.10. The lowest BCUT2D eigenvalue weighted by atomic mass is 10.4. The number of rotatable bonds is 2. The Labute approximate surface area is 83.7 Å². The molecule has 0 aliphatic rings. The fourth-order valence-electron chi connectivity index (χ4n) is 0.661. The predicted molar refractivity (Wildman–Crippen MR) is 52.5 cm³/mol. The first kappa shape index (κ1) is 12.5. The van der Waals surface area contributed by atoms with Gasteiger partial charge in [-0.1, -0.05) is 13.8 Å². The minimum absolute atomic E-state index is 0.292. The third-order valence-electron chi connectivity index (χ3n) is 1.36. The van der Waals surface area contributed by atoms with Crippen LogP contribution in [0.15, 0.2) is 18.6 Å². The van der Waals surface area contributed by atoms with E-state index < -0.39 is 0 Å². The lowest BCUT2D eigenvalue weighted by Gasteiger charge is -2.11. The van der Waals surface area contributed by atoms with Crippen LogP contribution in [-0.2, 0) is 4.84 Å². The highest BCUT2D eigenvalue weighted by atomic mass is 16.7. The summed E-state index contributed by atoms with van der Waals surface area (Å²) in [6, 6.07) is 1.53. The van der Waals surface area contributed by atoms with Crippen LogP contribution in [0.4, 0.5) is 0 Å². The van der Waals surface area contributed by atoms with Crippen molar-refractivity contribution in [3.63, 3.8) is 0 Å². The normalized spacial score (nSPS) is 8.57. The number of hydroxylamine groups is 2. The Morgan fingerprint density at radius 1 is 1.50 bits per heavy atom. The fraction of sp³-hybridized carbons (Fsp3) is 0.444. The first-order chi connectivity index (χ1) is 6.75. The molecule has 0 atom stereocenters. The molecule has 5 heteroatoms. The van der Waals surface area contributed by atoms with Gasteiger partial charge in [0.1, 0.15) is 12.0 Å². The molecule has 0 N–H and O–H groups in total. The number of aromatic nitrogens is 2. The van der Waals surface area contributed by atoms with Crippen molar-refractivity contribution in [3.05, 3.63) is 24.3 Å². The van der Waals surface area contributed by atoms with Gasteiger partial charge in [0.05, 0.1) is 7.11 Å². The average Bonchev–Trinajstić information content (AvgIpc) is 2.31. The van der Waals surface area contributed by atoms with Crippen LogP contribution in [0.25, 0.3) is 0 Å². The Hall–Kier alpha value is -1.49. The van der Waals surface area contributed by atoms with Crippen LogP contribution in [0.1, 0.15) is 24.3 Å². The molecule has 0 aromatic carbocycles. The number of amides is 1. The van der Waals surface area contributed by atoms with Gasteiger partial charge >= 0.3 is 0 Å². The van der Waals surface area contributed by atoms with Crippen molar-refractivity contribution in [2.75, 3.05) is 14.2 Å². The molecule has 14 heavy (non-hydrogen) atoms. The van der Waals surface area contributed by atoms with E-state index in [0.29, 0.717) is 5.69 Å². The average molecular weight is 197 g/mol. The number of carbonyl (C=O) groups excluding carboxylic acids is 1. The Morgan fingerprint density at radius 2 is 2.14 bits per heavy atom. The van der Waals surface area contributed by atoms with Crippen molar-refractivity contribution in [2.24, 2.45) is 0 Å². The smallest absolute Gasteiger partial charge is 0.274 e. The molecule has 0 fully saturated rings. The lowest BCUT2D eigenvalue weighted by Crippen LogP contribution is -2.26. The van der Waals surface area contributed by atoms with E-state index in [-0.39, 0.29) is 5.91 Å². The largest absolute Gasteiger partial charge is 0.295 e. The minimum Gasteiger partial charge on any atom is -0.274 e. The zero-order valence-corrected chi connectivity index (χ0v) is 8.89. The van der Waals surface area contributed by atoms with Crippen molar-refractivity contribution in [3.8, 4) is 0 Å². The van der Waals surface area contributed by atoms with Gasteiger partial charge in [-0.05, 0) is 6.07 Å². The molecule has 0 spiro atoms. The molecule has 0 unspecified atom stereocenters. The first-order valence-electron chi connectivity index (χ1n) is 4.34. The van der Waals surface area contributed by atoms with Gasteiger partial charge in [-0.15, -0.1) is 0 Å². The second-order valence-corrected chi connectivity index (χ2v) is 2.08. The summed E-state index contributed by atoms with van der Waals surface area (Å²) in [4.78, 5) is 23.4. The molecule has 0 saturated carbocycles. The molecule has 1 amide bonds. The standard InChI is InChI=1S/C7H9N3O2.C2H6/c1-10(12-2)7(11)6-3-4-8-5-9-6;1-2/h3-5H,1-2H3;1-2H3. The summed E-state index contributed by atoms with van der Waals surface area (Å²) < 4.78 is 0. The Kier molecular flexibility index (Phi) is 6.22. The number of nitrogens with zero attached hydrogens (tertiary/aromatic N) is 3. The summed E-state index contributed by atoms with van der Waals surface area (Å²) in [6.07, 6.45) is 2.82. The van der Waals surface area contributed by atoms with Crippen LogP contribution in [-0.4, -0.2) is 35.1 Å². The summed E-state index contributed by atoms with van der Waals surface area (Å²) in [5.74, 6) is -0.292. The number of hydrogen-bond acceptors (Lipinski definition) is 4. The van der Waals surface area contributed by atoms with Gasteiger partial charge in [0.2, 0.25) is 0 Å². The molecule has 5 nitrogen and oxygen atoms in total. The zero-order chi connectivity index (χ0) is 11.0. The van der Waals surface area contributed by atoms with E-state index in [9.17, 15) is 4.79 Å². The van der Waals surface area contributed by atoms with Gasteiger partial charge in [0.15, 0.2) is 0 Å². The van der Waals surface area contributed by atoms with Crippen molar-refractivity contribution >= 4 is 5.91 Å². The van der Waals surface area contributed by atoms with Crippen LogP contribution < -0.4 is 0 Å². The second kappa shape index (κ2) is 6.97. The maximum absolute atomic E-state index is 11.3. The molecule has 0 aliphatic carbocycles. The minimum atomic E-state index is -0.292.